The molecule has 1 aromatic heterocycles. The van der Waals surface area contributed by atoms with E-state index in [9.17, 15) is 19.8 Å². The van der Waals surface area contributed by atoms with Gasteiger partial charge in [-0.25, -0.2) is 0 Å². The largest absolute Gasteiger partial charge is 0.506 e. The van der Waals surface area contributed by atoms with Gasteiger partial charge in [-0.15, -0.1) is 0 Å². The third kappa shape index (κ3) is 5.96. The van der Waals surface area contributed by atoms with E-state index < -0.39 is 5.60 Å². The van der Waals surface area contributed by atoms with E-state index in [0.717, 1.165) is 6.42 Å². The maximum atomic E-state index is 12.4. The molecule has 8 heteroatoms. The highest BCUT2D eigenvalue weighted by Crippen LogP contribution is 2.23. The highest BCUT2D eigenvalue weighted by molar-refractivity contribution is 5.94. The van der Waals surface area contributed by atoms with Crippen LogP contribution in [0.25, 0.3) is 0 Å². The molecular formula is C18H28N4O4. The van der Waals surface area contributed by atoms with Gasteiger partial charge in [-0.1, -0.05) is 0 Å². The zero-order valence-corrected chi connectivity index (χ0v) is 15.4. The van der Waals surface area contributed by atoms with E-state index >= 15 is 0 Å². The minimum absolute atomic E-state index is 0.0339. The normalized spacial score (nSPS) is 20.7. The number of aromatic hydroxyl groups is 1. The van der Waals surface area contributed by atoms with Gasteiger partial charge in [0.15, 0.2) is 0 Å². The summed E-state index contributed by atoms with van der Waals surface area (Å²) in [5, 5.41) is 22.7. The molecule has 0 saturated carbocycles. The van der Waals surface area contributed by atoms with E-state index in [4.69, 9.17) is 0 Å². The Bertz CT molecular complexity index is 637. The van der Waals surface area contributed by atoms with E-state index in [1.165, 1.54) is 18.5 Å². The first-order chi connectivity index (χ1) is 12.3. The number of pyridine rings is 1. The van der Waals surface area contributed by atoms with Crippen LogP contribution in [0.1, 0.15) is 36.0 Å². The van der Waals surface area contributed by atoms with Crippen molar-refractivity contribution >= 4 is 11.8 Å². The second kappa shape index (κ2) is 8.95. The summed E-state index contributed by atoms with van der Waals surface area (Å²) in [4.78, 5) is 31.8. The molecule has 1 saturated heterocycles. The van der Waals surface area contributed by atoms with Crippen molar-refractivity contribution in [3.63, 3.8) is 0 Å². The summed E-state index contributed by atoms with van der Waals surface area (Å²) in [6.07, 6.45) is 4.80. The predicted molar refractivity (Wildman–Crippen MR) is 96.8 cm³/mol. The van der Waals surface area contributed by atoms with Gasteiger partial charge in [0.25, 0.3) is 5.91 Å². The maximum Gasteiger partial charge on any atom is 0.252 e. The molecule has 0 bridgehead atoms. The molecule has 1 aromatic rings. The van der Waals surface area contributed by atoms with Gasteiger partial charge in [0.05, 0.1) is 17.4 Å². The molecule has 8 nitrogen and oxygen atoms in total. The topological polar surface area (TPSA) is 106 Å². The summed E-state index contributed by atoms with van der Waals surface area (Å²) in [6, 6.07) is 1.32. The van der Waals surface area contributed by atoms with Crippen LogP contribution >= 0.6 is 0 Å². The van der Waals surface area contributed by atoms with E-state index in [0.29, 0.717) is 32.5 Å². The molecule has 1 atom stereocenters. The Hall–Kier alpha value is -2.19. The van der Waals surface area contributed by atoms with E-state index in [2.05, 4.69) is 10.3 Å². The van der Waals surface area contributed by atoms with Gasteiger partial charge >= 0.3 is 0 Å². The van der Waals surface area contributed by atoms with Crippen molar-refractivity contribution in [3.8, 4) is 5.75 Å². The first-order valence-electron chi connectivity index (χ1n) is 8.86. The quantitative estimate of drug-likeness (QED) is 0.666. The van der Waals surface area contributed by atoms with Gasteiger partial charge in [-0.3, -0.25) is 14.6 Å². The van der Waals surface area contributed by atoms with Crippen molar-refractivity contribution in [1.82, 2.24) is 20.1 Å². The van der Waals surface area contributed by atoms with Gasteiger partial charge < -0.3 is 25.3 Å². The molecule has 144 valence electrons. The number of carbonyl (C=O) groups is 2. The third-order valence-corrected chi connectivity index (χ3v) is 4.49. The molecule has 3 N–H and O–H groups in total. The molecule has 0 unspecified atom stereocenters. The Morgan fingerprint density at radius 3 is 2.77 bits per heavy atom. The lowest BCUT2D eigenvalue weighted by atomic mass is 9.94. The zero-order valence-electron chi connectivity index (χ0n) is 15.4. The van der Waals surface area contributed by atoms with Crippen molar-refractivity contribution in [2.75, 3.05) is 40.3 Å². The fraction of sp³-hybridized carbons (Fsp3) is 0.611. The van der Waals surface area contributed by atoms with Crippen LogP contribution in [0.3, 0.4) is 0 Å². The maximum absolute atomic E-state index is 12.4. The van der Waals surface area contributed by atoms with Crippen molar-refractivity contribution in [3.05, 3.63) is 24.0 Å². The standard InChI is InChI=1S/C18H28N4O4/c1-21(2)13-18(26)5-3-8-22(9-6-18)16(24)4-7-20-17(25)14-10-15(23)12-19-11-14/h10-12,23,26H,3-9,13H2,1-2H3,(H,20,25)/t18-/m0/s1. The summed E-state index contributed by atoms with van der Waals surface area (Å²) < 4.78 is 0. The average molecular weight is 364 g/mol. The molecule has 1 aliphatic rings. The van der Waals surface area contributed by atoms with Crippen molar-refractivity contribution < 1.29 is 19.8 Å². The molecule has 0 spiro atoms. The number of amides is 2. The Morgan fingerprint density at radius 2 is 2.08 bits per heavy atom. The number of nitrogens with zero attached hydrogens (tertiary/aromatic N) is 3. The van der Waals surface area contributed by atoms with Gasteiger partial charge in [0.2, 0.25) is 5.91 Å². The lowest BCUT2D eigenvalue weighted by molar-refractivity contribution is -0.131. The van der Waals surface area contributed by atoms with Crippen LogP contribution in [0, 0.1) is 0 Å². The Morgan fingerprint density at radius 1 is 1.31 bits per heavy atom. The molecule has 0 radical (unpaired) electrons. The Balaban J connectivity index is 1.78. The first kappa shape index (κ1) is 20.1. The second-order valence-corrected chi connectivity index (χ2v) is 7.13. The Labute approximate surface area is 153 Å². The molecule has 2 rings (SSSR count). The fourth-order valence-corrected chi connectivity index (χ4v) is 3.27. The molecule has 1 fully saturated rings. The highest BCUT2D eigenvalue weighted by atomic mass is 16.3. The van der Waals surface area contributed by atoms with Crippen LogP contribution < -0.4 is 5.32 Å². The summed E-state index contributed by atoms with van der Waals surface area (Å²) in [7, 11) is 3.85. The lowest BCUT2D eigenvalue weighted by Gasteiger charge is -2.30. The highest BCUT2D eigenvalue weighted by Gasteiger charge is 2.31. The number of likely N-dealkylation sites (tertiary alicyclic amines) is 1. The van der Waals surface area contributed by atoms with Crippen LogP contribution in [0.15, 0.2) is 18.5 Å². The summed E-state index contributed by atoms with van der Waals surface area (Å²) in [6.45, 7) is 1.95. The lowest BCUT2D eigenvalue weighted by Crippen LogP contribution is -2.41. The van der Waals surface area contributed by atoms with Crippen LogP contribution in [0.2, 0.25) is 0 Å². The number of nitrogens with one attached hydrogen (secondary N) is 1. The van der Waals surface area contributed by atoms with Gasteiger partial charge in [0.1, 0.15) is 5.75 Å². The van der Waals surface area contributed by atoms with Crippen molar-refractivity contribution in [2.45, 2.75) is 31.3 Å². The molecule has 26 heavy (non-hydrogen) atoms. The third-order valence-electron chi connectivity index (χ3n) is 4.49. The molecule has 0 aromatic carbocycles. The molecule has 0 aliphatic carbocycles. The van der Waals surface area contributed by atoms with Gasteiger partial charge in [-0.05, 0) is 39.4 Å². The van der Waals surface area contributed by atoms with Crippen LogP contribution in [-0.4, -0.2) is 82.7 Å². The molecule has 2 amide bonds. The molecule has 2 heterocycles. The summed E-state index contributed by atoms with van der Waals surface area (Å²) >= 11 is 0. The number of aliphatic hydroxyl groups is 1. The number of carbonyl (C=O) groups excluding carboxylic acids is 2. The number of hydrogen-bond donors (Lipinski definition) is 3. The van der Waals surface area contributed by atoms with Crippen molar-refractivity contribution in [1.29, 1.82) is 0 Å². The van der Waals surface area contributed by atoms with Crippen LogP contribution in [0.4, 0.5) is 0 Å². The zero-order chi connectivity index (χ0) is 19.2. The van der Waals surface area contributed by atoms with E-state index in [1.807, 2.05) is 19.0 Å². The average Bonchev–Trinajstić information content (AvgIpc) is 2.75. The minimum atomic E-state index is -0.755. The number of likely N-dealkylation sites (N-methyl/N-ethyl adjacent to an activating group) is 1. The number of rotatable bonds is 6. The molecule has 1 aliphatic heterocycles. The second-order valence-electron chi connectivity index (χ2n) is 7.13. The summed E-state index contributed by atoms with van der Waals surface area (Å²) in [5.74, 6) is -0.491. The number of hydrogen-bond acceptors (Lipinski definition) is 6. The smallest absolute Gasteiger partial charge is 0.252 e. The fourth-order valence-electron chi connectivity index (χ4n) is 3.27. The van der Waals surface area contributed by atoms with Crippen LogP contribution in [0.5, 0.6) is 5.75 Å². The predicted octanol–water partition coefficient (Wildman–Crippen LogP) is 0.212. The van der Waals surface area contributed by atoms with Gasteiger partial charge in [-0.2, -0.15) is 0 Å². The number of aromatic nitrogens is 1. The van der Waals surface area contributed by atoms with Crippen molar-refractivity contribution in [2.24, 2.45) is 0 Å². The van der Waals surface area contributed by atoms with Gasteiger partial charge in [0, 0.05) is 38.8 Å². The Kier molecular flexibility index (Phi) is 6.93. The molecular weight excluding hydrogens is 336 g/mol. The first-order valence-corrected chi connectivity index (χ1v) is 8.86. The SMILES string of the molecule is CN(C)C[C@]1(O)CCCN(C(=O)CCNC(=O)c2cncc(O)c2)CC1. The van der Waals surface area contributed by atoms with E-state index in [1.54, 1.807) is 4.90 Å². The minimum Gasteiger partial charge on any atom is -0.506 e. The van der Waals surface area contributed by atoms with Crippen LogP contribution in [-0.2, 0) is 4.79 Å². The van der Waals surface area contributed by atoms with E-state index in [-0.39, 0.29) is 36.1 Å². The summed E-state index contributed by atoms with van der Waals surface area (Å²) in [5.41, 5.74) is -0.504. The monoisotopic (exact) mass is 364 g/mol.